The molecule has 0 saturated heterocycles. The summed E-state index contributed by atoms with van der Waals surface area (Å²) in [5.74, 6) is 0.320. The van der Waals surface area contributed by atoms with E-state index in [0.717, 1.165) is 6.42 Å². The van der Waals surface area contributed by atoms with Crippen molar-refractivity contribution < 1.29 is 4.39 Å². The Kier molecular flexibility index (Phi) is 3.65. The first-order chi connectivity index (χ1) is 11.6. The van der Waals surface area contributed by atoms with Gasteiger partial charge in [-0.2, -0.15) is 0 Å². The molecule has 2 unspecified atom stereocenters. The minimum absolute atomic E-state index is 0.0134. The molecule has 2 aromatic carbocycles. The fourth-order valence-electron chi connectivity index (χ4n) is 3.38. The van der Waals surface area contributed by atoms with E-state index in [2.05, 4.69) is 29.4 Å². The molecule has 0 bridgehead atoms. The fraction of sp³-hybridized carbons (Fsp3) is 0.263. The van der Waals surface area contributed by atoms with Crippen LogP contribution in [0.5, 0.6) is 0 Å². The molecule has 2 atom stereocenters. The number of aromatic nitrogens is 2. The molecule has 1 aliphatic rings. The highest BCUT2D eigenvalue weighted by Gasteiger charge is 2.27. The molecule has 1 aromatic heterocycles. The van der Waals surface area contributed by atoms with Crippen LogP contribution in [0.25, 0.3) is 10.9 Å². The summed E-state index contributed by atoms with van der Waals surface area (Å²) in [5, 5.41) is 4.01. The van der Waals surface area contributed by atoms with Crippen LogP contribution in [0.15, 0.2) is 53.3 Å². The highest BCUT2D eigenvalue weighted by atomic mass is 19.1. The Morgan fingerprint density at radius 1 is 1.25 bits per heavy atom. The Hall–Kier alpha value is -2.53. The van der Waals surface area contributed by atoms with E-state index in [1.807, 2.05) is 18.2 Å². The van der Waals surface area contributed by atoms with Crippen molar-refractivity contribution >= 4 is 10.9 Å². The molecule has 4 rings (SSSR count). The van der Waals surface area contributed by atoms with E-state index in [0.29, 0.717) is 23.3 Å². The lowest BCUT2D eigenvalue weighted by Crippen LogP contribution is -2.27. The van der Waals surface area contributed by atoms with E-state index in [-0.39, 0.29) is 23.5 Å². The van der Waals surface area contributed by atoms with E-state index in [1.54, 1.807) is 4.57 Å². The number of hydrogen-bond donors (Lipinski definition) is 1. The summed E-state index contributed by atoms with van der Waals surface area (Å²) in [7, 11) is 0. The molecule has 0 saturated carbocycles. The van der Waals surface area contributed by atoms with Gasteiger partial charge in [-0.15, -0.1) is 0 Å². The van der Waals surface area contributed by atoms with Crippen molar-refractivity contribution in [2.75, 3.05) is 0 Å². The van der Waals surface area contributed by atoms with Gasteiger partial charge in [-0.05, 0) is 31.0 Å². The lowest BCUT2D eigenvalue weighted by atomic mass is 10.1. The Balaban J connectivity index is 1.71. The van der Waals surface area contributed by atoms with Crippen LogP contribution in [0.2, 0.25) is 0 Å². The molecule has 5 heteroatoms. The molecule has 0 radical (unpaired) electrons. The standard InChI is InChI=1S/C19H18FN3O/c1-12(13-5-3-2-4-6-13)21-16-9-10-23-18(16)22-17-11-14(20)7-8-15(17)19(23)24/h2-8,11-12,16,21H,9-10H2,1H3. The van der Waals surface area contributed by atoms with Crippen molar-refractivity contribution in [1.82, 2.24) is 14.9 Å². The maximum absolute atomic E-state index is 13.5. The average Bonchev–Trinajstić information content (AvgIpc) is 2.98. The second-order valence-corrected chi connectivity index (χ2v) is 6.23. The maximum Gasteiger partial charge on any atom is 0.261 e. The van der Waals surface area contributed by atoms with Crippen LogP contribution in [0.4, 0.5) is 4.39 Å². The van der Waals surface area contributed by atoms with Crippen molar-refractivity contribution in [2.24, 2.45) is 0 Å². The largest absolute Gasteiger partial charge is 0.301 e. The highest BCUT2D eigenvalue weighted by molar-refractivity contribution is 5.77. The number of hydrogen-bond acceptors (Lipinski definition) is 3. The first kappa shape index (κ1) is 15.0. The quantitative estimate of drug-likeness (QED) is 0.804. The third-order valence-electron chi connectivity index (χ3n) is 4.65. The Bertz CT molecular complexity index is 952. The number of nitrogens with one attached hydrogen (secondary N) is 1. The van der Waals surface area contributed by atoms with E-state index in [9.17, 15) is 9.18 Å². The van der Waals surface area contributed by atoms with Gasteiger partial charge in [0.05, 0.1) is 16.9 Å². The number of fused-ring (bicyclic) bond motifs is 2. The van der Waals surface area contributed by atoms with Gasteiger partial charge in [-0.25, -0.2) is 9.37 Å². The normalized spacial score (nSPS) is 17.8. The lowest BCUT2D eigenvalue weighted by Gasteiger charge is -2.19. The van der Waals surface area contributed by atoms with Gasteiger partial charge in [0.2, 0.25) is 0 Å². The zero-order valence-corrected chi connectivity index (χ0v) is 13.4. The van der Waals surface area contributed by atoms with Crippen LogP contribution in [0, 0.1) is 5.82 Å². The van der Waals surface area contributed by atoms with Gasteiger partial charge >= 0.3 is 0 Å². The summed E-state index contributed by atoms with van der Waals surface area (Å²) in [4.78, 5) is 17.2. The molecule has 1 N–H and O–H groups in total. The molecule has 0 spiro atoms. The molecule has 0 aliphatic carbocycles. The van der Waals surface area contributed by atoms with Crippen molar-refractivity contribution in [2.45, 2.75) is 32.0 Å². The average molecular weight is 323 g/mol. The minimum atomic E-state index is -0.375. The van der Waals surface area contributed by atoms with Crippen LogP contribution in [0.3, 0.4) is 0 Å². The summed E-state index contributed by atoms with van der Waals surface area (Å²) >= 11 is 0. The predicted octanol–water partition coefficient (Wildman–Crippen LogP) is 3.33. The van der Waals surface area contributed by atoms with E-state index in [4.69, 9.17) is 0 Å². The summed E-state index contributed by atoms with van der Waals surface area (Å²) in [5.41, 5.74) is 1.52. The number of halogens is 1. The predicted molar refractivity (Wildman–Crippen MR) is 91.3 cm³/mol. The molecule has 1 aliphatic heterocycles. The monoisotopic (exact) mass is 323 g/mol. The molecular formula is C19H18FN3O. The zero-order chi connectivity index (χ0) is 16.7. The fourth-order valence-corrected chi connectivity index (χ4v) is 3.38. The van der Waals surface area contributed by atoms with Gasteiger partial charge < -0.3 is 5.32 Å². The van der Waals surface area contributed by atoms with Crippen molar-refractivity contribution in [1.29, 1.82) is 0 Å². The van der Waals surface area contributed by atoms with Gasteiger partial charge in [0, 0.05) is 18.7 Å². The first-order valence-electron chi connectivity index (χ1n) is 8.14. The topological polar surface area (TPSA) is 46.9 Å². The lowest BCUT2D eigenvalue weighted by molar-refractivity contribution is 0.459. The summed E-state index contributed by atoms with van der Waals surface area (Å²) in [6.07, 6.45) is 0.804. The Labute approximate surface area is 139 Å². The van der Waals surface area contributed by atoms with Crippen LogP contribution in [-0.2, 0) is 6.54 Å². The Morgan fingerprint density at radius 3 is 2.83 bits per heavy atom. The number of nitrogens with zero attached hydrogens (tertiary/aromatic N) is 2. The third kappa shape index (κ3) is 2.51. The van der Waals surface area contributed by atoms with Gasteiger partial charge in [-0.3, -0.25) is 9.36 Å². The zero-order valence-electron chi connectivity index (χ0n) is 13.4. The molecule has 0 amide bonds. The van der Waals surface area contributed by atoms with Crippen LogP contribution >= 0.6 is 0 Å². The Morgan fingerprint density at radius 2 is 2.04 bits per heavy atom. The smallest absolute Gasteiger partial charge is 0.261 e. The molecule has 4 nitrogen and oxygen atoms in total. The summed E-state index contributed by atoms with van der Waals surface area (Å²) < 4.78 is 15.2. The van der Waals surface area contributed by atoms with Crippen molar-refractivity contribution in [3.05, 3.63) is 76.1 Å². The van der Waals surface area contributed by atoms with Crippen LogP contribution in [0.1, 0.15) is 36.8 Å². The molecule has 122 valence electrons. The minimum Gasteiger partial charge on any atom is -0.301 e. The molecule has 24 heavy (non-hydrogen) atoms. The van der Waals surface area contributed by atoms with Crippen LogP contribution < -0.4 is 10.9 Å². The van der Waals surface area contributed by atoms with Gasteiger partial charge in [0.15, 0.2) is 0 Å². The molecule has 3 aromatic rings. The molecule has 2 heterocycles. The summed E-state index contributed by atoms with van der Waals surface area (Å²) in [6.45, 7) is 2.73. The number of rotatable bonds is 3. The van der Waals surface area contributed by atoms with E-state index < -0.39 is 0 Å². The SMILES string of the molecule is CC(NC1CCn2c1nc1cc(F)ccc1c2=O)c1ccccc1. The number of benzene rings is 2. The van der Waals surface area contributed by atoms with Crippen LogP contribution in [-0.4, -0.2) is 9.55 Å². The van der Waals surface area contributed by atoms with E-state index >= 15 is 0 Å². The van der Waals surface area contributed by atoms with Crippen molar-refractivity contribution in [3.63, 3.8) is 0 Å². The second kappa shape index (κ2) is 5.83. The van der Waals surface area contributed by atoms with Gasteiger partial charge in [0.1, 0.15) is 11.6 Å². The van der Waals surface area contributed by atoms with E-state index in [1.165, 1.54) is 23.8 Å². The van der Waals surface area contributed by atoms with Gasteiger partial charge in [-0.1, -0.05) is 30.3 Å². The summed E-state index contributed by atoms with van der Waals surface area (Å²) in [6, 6.07) is 14.4. The van der Waals surface area contributed by atoms with Gasteiger partial charge in [0.25, 0.3) is 5.56 Å². The highest BCUT2D eigenvalue weighted by Crippen LogP contribution is 2.27. The second-order valence-electron chi connectivity index (χ2n) is 6.23. The molecular weight excluding hydrogens is 305 g/mol. The first-order valence-corrected chi connectivity index (χ1v) is 8.14. The van der Waals surface area contributed by atoms with Crippen molar-refractivity contribution in [3.8, 4) is 0 Å². The maximum atomic E-state index is 13.5. The molecule has 0 fully saturated rings. The third-order valence-corrected chi connectivity index (χ3v) is 4.65.